The molecule has 4 rings (SSSR count). The number of hydrogen-bond acceptors (Lipinski definition) is 4. The monoisotopic (exact) mass is 419 g/mol. The Balaban J connectivity index is 1.56. The molecule has 1 aliphatic carbocycles. The van der Waals surface area contributed by atoms with E-state index in [0.29, 0.717) is 19.1 Å². The van der Waals surface area contributed by atoms with Crippen molar-refractivity contribution in [1.82, 2.24) is 4.90 Å². The molecule has 0 fully saturated rings. The van der Waals surface area contributed by atoms with Gasteiger partial charge in [-0.05, 0) is 60.4 Å². The second-order valence-corrected chi connectivity index (χ2v) is 9.95. The smallest absolute Gasteiger partial charge is 0.121 e. The molecule has 1 heterocycles. The van der Waals surface area contributed by atoms with Crippen LogP contribution in [0.4, 0.5) is 5.69 Å². The van der Waals surface area contributed by atoms with E-state index >= 15 is 0 Å². The number of aryl methyl sites for hydroxylation is 2. The molecule has 2 aromatic rings. The Morgan fingerprint density at radius 1 is 1.19 bits per heavy atom. The van der Waals surface area contributed by atoms with E-state index in [2.05, 4.69) is 87.2 Å². The summed E-state index contributed by atoms with van der Waals surface area (Å²) in [5.41, 5.74) is 6.97. The van der Waals surface area contributed by atoms with Crippen LogP contribution >= 0.6 is 0 Å². The molecule has 0 radical (unpaired) electrons. The molecule has 4 nitrogen and oxygen atoms in total. The Labute approximate surface area is 187 Å². The van der Waals surface area contributed by atoms with Gasteiger partial charge in [-0.2, -0.15) is 0 Å². The normalized spacial score (nSPS) is 18.5. The quantitative estimate of drug-likeness (QED) is 0.555. The highest BCUT2D eigenvalue weighted by Crippen LogP contribution is 2.38. The van der Waals surface area contributed by atoms with E-state index in [1.54, 1.807) is 0 Å². The predicted molar refractivity (Wildman–Crippen MR) is 130 cm³/mol. The zero-order chi connectivity index (χ0) is 22.0. The minimum absolute atomic E-state index is 0.257. The second-order valence-electron chi connectivity index (χ2n) is 9.95. The van der Waals surface area contributed by atoms with Gasteiger partial charge in [-0.25, -0.2) is 5.06 Å². The first-order chi connectivity index (χ1) is 14.8. The highest BCUT2D eigenvalue weighted by molar-refractivity contribution is 5.87. The number of hydroxylamine groups is 1. The first kappa shape index (κ1) is 21.9. The van der Waals surface area contributed by atoms with E-state index in [4.69, 9.17) is 9.83 Å². The van der Waals surface area contributed by atoms with E-state index in [9.17, 15) is 0 Å². The van der Waals surface area contributed by atoms with Gasteiger partial charge in [-0.1, -0.05) is 56.7 Å². The van der Waals surface area contributed by atoms with Crippen molar-refractivity contribution < 1.29 is 4.84 Å². The fourth-order valence-electron chi connectivity index (χ4n) is 4.82. The zero-order valence-electron chi connectivity index (χ0n) is 19.8. The van der Waals surface area contributed by atoms with Crippen LogP contribution < -0.4 is 5.06 Å². The third-order valence-electron chi connectivity index (χ3n) is 6.90. The molecule has 1 unspecified atom stereocenters. The molecule has 0 spiro atoms. The van der Waals surface area contributed by atoms with Gasteiger partial charge in [0, 0.05) is 19.5 Å². The Morgan fingerprint density at radius 2 is 2.03 bits per heavy atom. The largest absolute Gasteiger partial charge is 0.360 e. The maximum absolute atomic E-state index is 6.46. The maximum atomic E-state index is 6.46. The Hall–Kier alpha value is -2.33. The number of benzene rings is 2. The van der Waals surface area contributed by atoms with E-state index in [1.165, 1.54) is 35.1 Å². The highest BCUT2D eigenvalue weighted by atomic mass is 16.7. The fourth-order valence-corrected chi connectivity index (χ4v) is 4.82. The van der Waals surface area contributed by atoms with Gasteiger partial charge < -0.3 is 4.90 Å². The van der Waals surface area contributed by atoms with Crippen molar-refractivity contribution in [2.24, 2.45) is 4.99 Å². The molecule has 0 amide bonds. The van der Waals surface area contributed by atoms with Crippen LogP contribution in [0.1, 0.15) is 61.8 Å². The number of hydrogen-bond donors (Lipinski definition) is 0. The first-order valence-electron chi connectivity index (χ1n) is 11.7. The summed E-state index contributed by atoms with van der Waals surface area (Å²) >= 11 is 0. The lowest BCUT2D eigenvalue weighted by molar-refractivity contribution is 0.105. The Kier molecular flexibility index (Phi) is 6.38. The minimum Gasteiger partial charge on any atom is -0.360 e. The van der Waals surface area contributed by atoms with E-state index in [0.717, 1.165) is 31.0 Å². The lowest BCUT2D eigenvalue weighted by atomic mass is 9.73. The van der Waals surface area contributed by atoms with Crippen LogP contribution in [0.25, 0.3) is 0 Å². The molecule has 31 heavy (non-hydrogen) atoms. The number of aliphatic imine (C=N–C) groups is 1. The maximum Gasteiger partial charge on any atom is 0.121 e. The summed E-state index contributed by atoms with van der Waals surface area (Å²) < 4.78 is 0. The molecule has 0 N–H and O–H groups in total. The van der Waals surface area contributed by atoms with Crippen LogP contribution in [-0.2, 0) is 16.7 Å². The van der Waals surface area contributed by atoms with Crippen LogP contribution in [0.15, 0.2) is 47.5 Å². The number of likely N-dealkylation sites (N-methyl/N-ethyl adjacent to an activating group) is 1. The van der Waals surface area contributed by atoms with E-state index < -0.39 is 0 Å². The van der Waals surface area contributed by atoms with Crippen molar-refractivity contribution in [3.63, 3.8) is 0 Å². The molecule has 2 aliphatic rings. The molecule has 0 aromatic heterocycles. The van der Waals surface area contributed by atoms with Crippen LogP contribution in [0.5, 0.6) is 0 Å². The average Bonchev–Trinajstić information content (AvgIpc) is 3.14. The number of nitrogens with zero attached hydrogens (tertiary/aromatic N) is 3. The molecule has 0 saturated carbocycles. The second kappa shape index (κ2) is 9.04. The summed E-state index contributed by atoms with van der Waals surface area (Å²) in [5, 5.41) is 2.06. The van der Waals surface area contributed by atoms with Crippen LogP contribution in [0.2, 0.25) is 0 Å². The number of rotatable bonds is 7. The molecule has 0 bridgehead atoms. The van der Waals surface area contributed by atoms with Crippen LogP contribution in [0, 0.1) is 6.92 Å². The molecule has 4 heteroatoms. The van der Waals surface area contributed by atoms with Gasteiger partial charge in [0.1, 0.15) is 12.4 Å². The van der Waals surface area contributed by atoms with Crippen molar-refractivity contribution in [3.05, 3.63) is 64.7 Å². The molecule has 1 atom stereocenters. The van der Waals surface area contributed by atoms with Gasteiger partial charge in [0.2, 0.25) is 0 Å². The fraction of sp³-hybridized carbons (Fsp3) is 0.519. The van der Waals surface area contributed by atoms with Gasteiger partial charge in [0.25, 0.3) is 0 Å². The van der Waals surface area contributed by atoms with Crippen molar-refractivity contribution in [2.75, 3.05) is 38.4 Å². The van der Waals surface area contributed by atoms with E-state index in [1.807, 2.05) is 0 Å². The van der Waals surface area contributed by atoms with Gasteiger partial charge in [-0.15, -0.1) is 0 Å². The number of amidine groups is 1. The highest BCUT2D eigenvalue weighted by Gasteiger charge is 2.28. The van der Waals surface area contributed by atoms with Crippen molar-refractivity contribution in [1.29, 1.82) is 0 Å². The van der Waals surface area contributed by atoms with Gasteiger partial charge in [-0.3, -0.25) is 9.83 Å². The lowest BCUT2D eigenvalue weighted by Crippen LogP contribution is -2.37. The standard InChI is InChI=1S/C27H37N3O/c1-20-8-6-9-22(16-20)21(2)19-31-30(18-26-28-14-15-29(26)5)24-11-12-25-23(17-24)10-7-13-27(25,3)4/h6,8-9,11-12,16-17,21H,7,10,13-15,18-19H2,1-5H3. The molecular formula is C27H37N3O. The molecule has 166 valence electrons. The molecule has 2 aromatic carbocycles. The molecule has 1 aliphatic heterocycles. The first-order valence-corrected chi connectivity index (χ1v) is 11.7. The van der Waals surface area contributed by atoms with Crippen molar-refractivity contribution >= 4 is 11.5 Å². The summed E-state index contributed by atoms with van der Waals surface area (Å²) in [6.45, 7) is 12.3. The predicted octanol–water partition coefficient (Wildman–Crippen LogP) is 5.49. The third-order valence-corrected chi connectivity index (χ3v) is 6.90. The summed E-state index contributed by atoms with van der Waals surface area (Å²) in [5.74, 6) is 1.42. The van der Waals surface area contributed by atoms with Crippen LogP contribution in [-0.4, -0.2) is 44.0 Å². The summed E-state index contributed by atoms with van der Waals surface area (Å²) in [4.78, 5) is 13.4. The van der Waals surface area contributed by atoms with Gasteiger partial charge in [0.15, 0.2) is 0 Å². The number of fused-ring (bicyclic) bond motifs is 1. The zero-order valence-corrected chi connectivity index (χ0v) is 19.8. The SMILES string of the molecule is Cc1cccc(C(C)CON(CC2=NCCN2C)c2ccc3c(c2)CCCC3(C)C)c1. The van der Waals surface area contributed by atoms with Crippen molar-refractivity contribution in [3.8, 4) is 0 Å². The van der Waals surface area contributed by atoms with Gasteiger partial charge in [0.05, 0.1) is 18.8 Å². The third kappa shape index (κ3) is 4.95. The van der Waals surface area contributed by atoms with Crippen molar-refractivity contribution in [2.45, 2.75) is 58.3 Å². The number of anilines is 1. The summed E-state index contributed by atoms with van der Waals surface area (Å²) in [6, 6.07) is 15.6. The minimum atomic E-state index is 0.257. The molecule has 0 saturated heterocycles. The average molecular weight is 420 g/mol. The Bertz CT molecular complexity index is 949. The topological polar surface area (TPSA) is 28.1 Å². The lowest BCUT2D eigenvalue weighted by Gasteiger charge is -2.34. The van der Waals surface area contributed by atoms with Gasteiger partial charge >= 0.3 is 0 Å². The summed E-state index contributed by atoms with van der Waals surface area (Å²) in [7, 11) is 2.12. The Morgan fingerprint density at radius 3 is 2.77 bits per heavy atom. The summed E-state index contributed by atoms with van der Waals surface area (Å²) in [6.07, 6.45) is 3.67. The van der Waals surface area contributed by atoms with Crippen LogP contribution in [0.3, 0.4) is 0 Å². The molecular weight excluding hydrogens is 382 g/mol. The van der Waals surface area contributed by atoms with E-state index in [-0.39, 0.29) is 5.41 Å².